The van der Waals surface area contributed by atoms with Crippen molar-refractivity contribution in [2.45, 2.75) is 25.3 Å². The Morgan fingerprint density at radius 3 is 2.48 bits per heavy atom. The molecule has 2 N–H and O–H groups in total. The Hall–Kier alpha value is -1.60. The lowest BCUT2D eigenvalue weighted by Gasteiger charge is -2.11. The number of nitrogens with one attached hydrogen (secondary N) is 2. The largest absolute Gasteiger partial charge is 0.352 e. The minimum atomic E-state index is -3.79. The van der Waals surface area contributed by atoms with Gasteiger partial charge in [-0.1, -0.05) is 35.3 Å². The second-order valence-electron chi connectivity index (χ2n) is 5.40. The van der Waals surface area contributed by atoms with Crippen molar-refractivity contribution in [3.05, 3.63) is 63.1 Å². The van der Waals surface area contributed by atoms with Crippen LogP contribution in [0.2, 0.25) is 10.0 Å². The highest BCUT2D eigenvalue weighted by Crippen LogP contribution is 2.22. The third kappa shape index (κ3) is 4.95. The number of aryl methyl sites for hydroxylation is 1. The van der Waals surface area contributed by atoms with Gasteiger partial charge in [-0.15, -0.1) is 0 Å². The normalized spacial score (nSPS) is 11.4. The van der Waals surface area contributed by atoms with Gasteiger partial charge in [-0.2, -0.15) is 0 Å². The van der Waals surface area contributed by atoms with E-state index in [0.29, 0.717) is 33.3 Å². The van der Waals surface area contributed by atoms with Crippen molar-refractivity contribution < 1.29 is 13.2 Å². The average molecular weight is 401 g/mol. The summed E-state index contributed by atoms with van der Waals surface area (Å²) in [6.45, 7) is 4.03. The van der Waals surface area contributed by atoms with Crippen LogP contribution >= 0.6 is 23.2 Å². The number of carbonyl (C=O) groups excluding carboxylic acids is 1. The highest BCUT2D eigenvalue weighted by molar-refractivity contribution is 7.89. The molecule has 8 heteroatoms. The van der Waals surface area contributed by atoms with Crippen LogP contribution in [0.1, 0.15) is 28.4 Å². The quantitative estimate of drug-likeness (QED) is 0.778. The zero-order chi connectivity index (χ0) is 18.6. The van der Waals surface area contributed by atoms with Crippen molar-refractivity contribution in [2.24, 2.45) is 0 Å². The van der Waals surface area contributed by atoms with E-state index in [1.165, 1.54) is 12.1 Å². The fourth-order valence-electron chi connectivity index (χ4n) is 2.19. The molecule has 1 amide bonds. The second kappa shape index (κ2) is 8.19. The summed E-state index contributed by atoms with van der Waals surface area (Å²) in [5, 5.41) is 3.52. The SMILES string of the molecule is CCNC(=O)c1cc(S(=O)(=O)NCc2ccc(Cl)cc2Cl)ccc1C. The van der Waals surface area contributed by atoms with E-state index in [9.17, 15) is 13.2 Å². The van der Waals surface area contributed by atoms with Crippen LogP contribution in [0.25, 0.3) is 0 Å². The molecule has 5 nitrogen and oxygen atoms in total. The predicted molar refractivity (Wildman–Crippen MR) is 99.7 cm³/mol. The molecule has 0 fully saturated rings. The first-order valence-corrected chi connectivity index (χ1v) is 9.81. The number of halogens is 2. The Morgan fingerprint density at radius 2 is 1.84 bits per heavy atom. The first-order chi connectivity index (χ1) is 11.7. The van der Waals surface area contributed by atoms with E-state index in [1.807, 2.05) is 0 Å². The van der Waals surface area contributed by atoms with Crippen LogP contribution in [0.4, 0.5) is 0 Å². The van der Waals surface area contributed by atoms with Gasteiger partial charge in [0, 0.05) is 28.7 Å². The van der Waals surface area contributed by atoms with Crippen LogP contribution in [0.3, 0.4) is 0 Å². The van der Waals surface area contributed by atoms with Gasteiger partial charge in [0.1, 0.15) is 0 Å². The number of sulfonamides is 1. The van der Waals surface area contributed by atoms with E-state index in [2.05, 4.69) is 10.0 Å². The molecule has 2 rings (SSSR count). The van der Waals surface area contributed by atoms with Crippen molar-refractivity contribution in [1.82, 2.24) is 10.0 Å². The summed E-state index contributed by atoms with van der Waals surface area (Å²) in [5.74, 6) is -0.308. The Kier molecular flexibility index (Phi) is 6.46. The predicted octanol–water partition coefficient (Wildman–Crippen LogP) is 3.53. The van der Waals surface area contributed by atoms with E-state index >= 15 is 0 Å². The lowest BCUT2D eigenvalue weighted by atomic mass is 10.1. The maximum Gasteiger partial charge on any atom is 0.251 e. The lowest BCUT2D eigenvalue weighted by Crippen LogP contribution is -2.26. The smallest absolute Gasteiger partial charge is 0.251 e. The highest BCUT2D eigenvalue weighted by atomic mass is 35.5. The standard InChI is InChI=1S/C17H18Cl2N2O3S/c1-3-20-17(22)15-9-14(7-4-11(15)2)25(23,24)21-10-12-5-6-13(18)8-16(12)19/h4-9,21H,3,10H2,1-2H3,(H,20,22). The summed E-state index contributed by atoms with van der Waals surface area (Å²) >= 11 is 11.9. The molecule has 0 heterocycles. The van der Waals surface area contributed by atoms with Crippen molar-refractivity contribution in [1.29, 1.82) is 0 Å². The second-order valence-corrected chi connectivity index (χ2v) is 8.01. The van der Waals surface area contributed by atoms with Crippen LogP contribution in [0.5, 0.6) is 0 Å². The molecule has 0 saturated carbocycles. The minimum absolute atomic E-state index is 0.0166. The summed E-state index contributed by atoms with van der Waals surface area (Å²) in [4.78, 5) is 12.1. The van der Waals surface area contributed by atoms with Gasteiger partial charge in [-0.25, -0.2) is 13.1 Å². The number of benzene rings is 2. The third-order valence-corrected chi connectivity index (χ3v) is 5.55. The number of amides is 1. The molecule has 2 aromatic carbocycles. The molecule has 0 aliphatic heterocycles. The fraction of sp³-hybridized carbons (Fsp3) is 0.235. The van der Waals surface area contributed by atoms with Crippen molar-refractivity contribution in [3.8, 4) is 0 Å². The summed E-state index contributed by atoms with van der Waals surface area (Å²) < 4.78 is 27.5. The van der Waals surface area contributed by atoms with E-state index in [1.54, 1.807) is 38.1 Å². The summed E-state index contributed by atoms with van der Waals surface area (Å²) in [5.41, 5.74) is 1.63. The molecule has 2 aromatic rings. The molecule has 0 aliphatic rings. The van der Waals surface area contributed by atoms with Gasteiger partial charge in [0.25, 0.3) is 5.91 Å². The topological polar surface area (TPSA) is 75.3 Å². The monoisotopic (exact) mass is 400 g/mol. The number of hydrogen-bond acceptors (Lipinski definition) is 3. The highest BCUT2D eigenvalue weighted by Gasteiger charge is 2.18. The molecule has 0 atom stereocenters. The summed E-state index contributed by atoms with van der Waals surface area (Å²) in [6.07, 6.45) is 0. The molecular formula is C17H18Cl2N2O3S. The molecule has 0 aliphatic carbocycles. The van der Waals surface area contributed by atoms with Crippen molar-refractivity contribution >= 4 is 39.1 Å². The summed E-state index contributed by atoms with van der Waals surface area (Å²) in [6, 6.07) is 9.27. The maximum atomic E-state index is 12.5. The molecule has 0 saturated heterocycles. The Balaban J connectivity index is 2.24. The first kappa shape index (κ1) is 19.7. The van der Waals surface area contributed by atoms with Crippen LogP contribution < -0.4 is 10.0 Å². The maximum absolute atomic E-state index is 12.5. The van der Waals surface area contributed by atoms with E-state index in [4.69, 9.17) is 23.2 Å². The van der Waals surface area contributed by atoms with Crippen molar-refractivity contribution in [3.63, 3.8) is 0 Å². The number of rotatable bonds is 6. The molecule has 0 spiro atoms. The van der Waals surface area contributed by atoms with Gasteiger partial charge in [-0.05, 0) is 49.2 Å². The van der Waals surface area contributed by atoms with Crippen LogP contribution in [-0.2, 0) is 16.6 Å². The van der Waals surface area contributed by atoms with Gasteiger partial charge in [0.05, 0.1) is 4.90 Å². The number of carbonyl (C=O) groups is 1. The molecule has 0 bridgehead atoms. The van der Waals surface area contributed by atoms with E-state index in [-0.39, 0.29) is 17.3 Å². The summed E-state index contributed by atoms with van der Waals surface area (Å²) in [7, 11) is -3.79. The van der Waals surface area contributed by atoms with Gasteiger partial charge in [0.15, 0.2) is 0 Å². The van der Waals surface area contributed by atoms with Gasteiger partial charge in [-0.3, -0.25) is 4.79 Å². The van der Waals surface area contributed by atoms with Crippen LogP contribution in [-0.4, -0.2) is 20.9 Å². The van der Waals surface area contributed by atoms with E-state index < -0.39 is 10.0 Å². The molecule has 0 radical (unpaired) electrons. The molecule has 0 unspecified atom stereocenters. The first-order valence-electron chi connectivity index (χ1n) is 7.57. The average Bonchev–Trinajstić information content (AvgIpc) is 2.54. The zero-order valence-corrected chi connectivity index (χ0v) is 16.1. The number of hydrogen-bond donors (Lipinski definition) is 2. The van der Waals surface area contributed by atoms with Crippen molar-refractivity contribution in [2.75, 3.05) is 6.54 Å². The third-order valence-electron chi connectivity index (χ3n) is 3.57. The van der Waals surface area contributed by atoms with Gasteiger partial charge < -0.3 is 5.32 Å². The molecular weight excluding hydrogens is 383 g/mol. The van der Waals surface area contributed by atoms with Gasteiger partial charge >= 0.3 is 0 Å². The minimum Gasteiger partial charge on any atom is -0.352 e. The molecule has 0 aromatic heterocycles. The fourth-order valence-corrected chi connectivity index (χ4v) is 3.70. The Bertz CT molecular complexity index is 899. The van der Waals surface area contributed by atoms with Crippen LogP contribution in [0, 0.1) is 6.92 Å². The van der Waals surface area contributed by atoms with Crippen LogP contribution in [0.15, 0.2) is 41.3 Å². The molecule has 25 heavy (non-hydrogen) atoms. The lowest BCUT2D eigenvalue weighted by molar-refractivity contribution is 0.0955. The Morgan fingerprint density at radius 1 is 1.12 bits per heavy atom. The Labute approximate surface area is 157 Å². The zero-order valence-electron chi connectivity index (χ0n) is 13.8. The van der Waals surface area contributed by atoms with Gasteiger partial charge in [0.2, 0.25) is 10.0 Å². The van der Waals surface area contributed by atoms with E-state index in [0.717, 1.165) is 0 Å². The molecule has 134 valence electrons.